The summed E-state index contributed by atoms with van der Waals surface area (Å²) in [4.78, 5) is 24.0. The van der Waals surface area contributed by atoms with Gasteiger partial charge >= 0.3 is 0 Å². The van der Waals surface area contributed by atoms with Crippen LogP contribution in [0.1, 0.15) is 17.9 Å². The van der Waals surface area contributed by atoms with Crippen LogP contribution >= 0.6 is 0 Å². The van der Waals surface area contributed by atoms with Crippen LogP contribution in [0.4, 0.5) is 0 Å². The summed E-state index contributed by atoms with van der Waals surface area (Å²) in [7, 11) is 2.18. The van der Waals surface area contributed by atoms with Crippen molar-refractivity contribution in [1.29, 1.82) is 0 Å². The van der Waals surface area contributed by atoms with Crippen molar-refractivity contribution in [3.63, 3.8) is 0 Å². The molecule has 0 radical (unpaired) electrons. The van der Waals surface area contributed by atoms with E-state index in [-0.39, 0.29) is 11.8 Å². The summed E-state index contributed by atoms with van der Waals surface area (Å²) in [6.45, 7) is 9.04. The topological polar surface area (TPSA) is 53.8 Å². The normalized spacial score (nSPS) is 25.9. The Balaban J connectivity index is 1.39. The Morgan fingerprint density at radius 1 is 1.25 bits per heavy atom. The van der Waals surface area contributed by atoms with Crippen molar-refractivity contribution in [3.8, 4) is 0 Å². The molecular formula is C17H27N5O2. The highest BCUT2D eigenvalue weighted by atomic mass is 16.5. The maximum atomic E-state index is 12.6. The van der Waals surface area contributed by atoms with Crippen LogP contribution in [0.3, 0.4) is 0 Å². The molecule has 3 aliphatic heterocycles. The number of carbonyl (C=O) groups excluding carboxylic acids is 1. The molecule has 3 aliphatic rings. The highest BCUT2D eigenvalue weighted by Gasteiger charge is 2.31. The fourth-order valence-electron chi connectivity index (χ4n) is 3.86. The summed E-state index contributed by atoms with van der Waals surface area (Å²) >= 11 is 0. The number of imidazole rings is 1. The number of rotatable bonds is 3. The van der Waals surface area contributed by atoms with E-state index in [4.69, 9.17) is 4.74 Å². The first-order valence-electron chi connectivity index (χ1n) is 9.01. The number of hydrogen-bond acceptors (Lipinski definition) is 5. The Morgan fingerprint density at radius 2 is 2.08 bits per heavy atom. The highest BCUT2D eigenvalue weighted by molar-refractivity contribution is 5.79. The average Bonchev–Trinajstić information content (AvgIpc) is 3.26. The molecule has 7 heteroatoms. The first-order valence-corrected chi connectivity index (χ1v) is 9.01. The summed E-state index contributed by atoms with van der Waals surface area (Å²) in [6, 6.07) is 0. The second-order valence-electron chi connectivity index (χ2n) is 7.22. The molecule has 1 aromatic heterocycles. The Kier molecular flexibility index (Phi) is 4.56. The molecule has 0 bridgehead atoms. The number of aromatic nitrogens is 2. The van der Waals surface area contributed by atoms with Crippen molar-refractivity contribution in [2.24, 2.45) is 5.92 Å². The fraction of sp³-hybridized carbons (Fsp3) is 0.765. The number of fused-ring (bicyclic) bond motifs is 1. The molecule has 24 heavy (non-hydrogen) atoms. The minimum atomic E-state index is 0.0522. The van der Waals surface area contributed by atoms with Gasteiger partial charge in [0.05, 0.1) is 24.8 Å². The molecule has 1 aromatic rings. The minimum absolute atomic E-state index is 0.0522. The molecule has 2 fully saturated rings. The Labute approximate surface area is 143 Å². The summed E-state index contributed by atoms with van der Waals surface area (Å²) < 4.78 is 7.67. The van der Waals surface area contributed by atoms with E-state index < -0.39 is 0 Å². The van der Waals surface area contributed by atoms with Gasteiger partial charge < -0.3 is 19.1 Å². The second kappa shape index (κ2) is 6.82. The number of nitrogens with zero attached hydrogens (tertiary/aromatic N) is 5. The Hall–Kier alpha value is -1.44. The Bertz CT molecular complexity index is 588. The number of piperazine rings is 1. The SMILES string of the molecule is CN1CCN(Cc2cnc3n2CCN(C(=O)[C@H]2CCOC2)C3)CC1. The van der Waals surface area contributed by atoms with E-state index in [0.29, 0.717) is 19.8 Å². The monoisotopic (exact) mass is 333 g/mol. The van der Waals surface area contributed by atoms with E-state index in [1.165, 1.54) is 5.69 Å². The van der Waals surface area contributed by atoms with E-state index >= 15 is 0 Å². The van der Waals surface area contributed by atoms with E-state index in [1.807, 2.05) is 11.1 Å². The molecule has 2 saturated heterocycles. The molecule has 0 spiro atoms. The predicted molar refractivity (Wildman–Crippen MR) is 89.3 cm³/mol. The van der Waals surface area contributed by atoms with Crippen LogP contribution < -0.4 is 0 Å². The van der Waals surface area contributed by atoms with Gasteiger partial charge in [0.25, 0.3) is 0 Å². The molecule has 0 aliphatic carbocycles. The number of hydrogen-bond donors (Lipinski definition) is 0. The summed E-state index contributed by atoms with van der Waals surface area (Å²) in [5.74, 6) is 1.32. The second-order valence-corrected chi connectivity index (χ2v) is 7.22. The van der Waals surface area contributed by atoms with Gasteiger partial charge in [0.2, 0.25) is 5.91 Å². The van der Waals surface area contributed by atoms with E-state index in [2.05, 4.69) is 26.4 Å². The zero-order valence-corrected chi connectivity index (χ0v) is 14.5. The molecule has 7 nitrogen and oxygen atoms in total. The third-order valence-corrected chi connectivity index (χ3v) is 5.52. The molecule has 0 unspecified atom stereocenters. The lowest BCUT2D eigenvalue weighted by molar-refractivity contribution is -0.137. The largest absolute Gasteiger partial charge is 0.381 e. The number of amides is 1. The van der Waals surface area contributed by atoms with Gasteiger partial charge in [-0.05, 0) is 13.5 Å². The molecule has 4 rings (SSSR count). The Morgan fingerprint density at radius 3 is 2.83 bits per heavy atom. The molecule has 132 valence electrons. The predicted octanol–water partition coefficient (Wildman–Crippen LogP) is 0.00920. The lowest BCUT2D eigenvalue weighted by atomic mass is 10.1. The molecule has 0 aromatic carbocycles. The van der Waals surface area contributed by atoms with Crippen molar-refractivity contribution in [1.82, 2.24) is 24.3 Å². The molecule has 1 atom stereocenters. The smallest absolute Gasteiger partial charge is 0.228 e. The van der Waals surface area contributed by atoms with Crippen molar-refractivity contribution in [2.45, 2.75) is 26.1 Å². The maximum absolute atomic E-state index is 12.6. The quantitative estimate of drug-likeness (QED) is 0.780. The summed E-state index contributed by atoms with van der Waals surface area (Å²) in [6.07, 6.45) is 2.86. The lowest BCUT2D eigenvalue weighted by Crippen LogP contribution is -2.45. The van der Waals surface area contributed by atoms with Gasteiger partial charge in [0, 0.05) is 58.6 Å². The van der Waals surface area contributed by atoms with Gasteiger partial charge in [-0.25, -0.2) is 4.98 Å². The van der Waals surface area contributed by atoms with Crippen LogP contribution in [0.2, 0.25) is 0 Å². The van der Waals surface area contributed by atoms with Crippen LogP contribution in [-0.2, 0) is 29.2 Å². The van der Waals surface area contributed by atoms with Gasteiger partial charge in [0.15, 0.2) is 0 Å². The van der Waals surface area contributed by atoms with Crippen molar-refractivity contribution in [2.75, 3.05) is 53.0 Å². The third kappa shape index (κ3) is 3.20. The van der Waals surface area contributed by atoms with Crippen LogP contribution in [0.5, 0.6) is 0 Å². The van der Waals surface area contributed by atoms with Crippen molar-refractivity contribution in [3.05, 3.63) is 17.7 Å². The zero-order valence-electron chi connectivity index (χ0n) is 14.5. The van der Waals surface area contributed by atoms with Crippen LogP contribution in [0.25, 0.3) is 0 Å². The summed E-state index contributed by atoms with van der Waals surface area (Å²) in [5.41, 5.74) is 1.28. The van der Waals surface area contributed by atoms with E-state index in [0.717, 1.165) is 58.1 Å². The van der Waals surface area contributed by atoms with Crippen LogP contribution in [0.15, 0.2) is 6.20 Å². The number of likely N-dealkylation sites (N-methyl/N-ethyl adjacent to an activating group) is 1. The molecule has 0 N–H and O–H groups in total. The zero-order chi connectivity index (χ0) is 16.5. The van der Waals surface area contributed by atoms with Crippen molar-refractivity contribution < 1.29 is 9.53 Å². The van der Waals surface area contributed by atoms with E-state index in [9.17, 15) is 4.79 Å². The van der Waals surface area contributed by atoms with Crippen molar-refractivity contribution >= 4 is 5.91 Å². The number of ether oxygens (including phenoxy) is 1. The molecule has 0 saturated carbocycles. The molecule has 1 amide bonds. The fourth-order valence-corrected chi connectivity index (χ4v) is 3.86. The first-order chi connectivity index (χ1) is 11.7. The highest BCUT2D eigenvalue weighted by Crippen LogP contribution is 2.21. The minimum Gasteiger partial charge on any atom is -0.381 e. The van der Waals surface area contributed by atoms with Crippen LogP contribution in [-0.4, -0.2) is 83.1 Å². The van der Waals surface area contributed by atoms with Crippen LogP contribution in [0, 0.1) is 5.92 Å². The summed E-state index contributed by atoms with van der Waals surface area (Å²) in [5, 5.41) is 0. The standard InChI is InChI=1S/C17H27N5O2/c1-19-3-5-20(6-4-19)11-15-10-18-16-12-21(7-8-22(15)16)17(23)14-2-9-24-13-14/h10,14H,2-9,11-13H2,1H3/t14-/m0/s1. The van der Waals surface area contributed by atoms with Gasteiger partial charge in [0.1, 0.15) is 5.82 Å². The van der Waals surface area contributed by atoms with Gasteiger partial charge in [-0.2, -0.15) is 0 Å². The lowest BCUT2D eigenvalue weighted by Gasteiger charge is -2.33. The number of carbonyl (C=O) groups is 1. The average molecular weight is 333 g/mol. The van der Waals surface area contributed by atoms with Gasteiger partial charge in [-0.1, -0.05) is 0 Å². The first kappa shape index (κ1) is 16.1. The van der Waals surface area contributed by atoms with Gasteiger partial charge in [-0.15, -0.1) is 0 Å². The van der Waals surface area contributed by atoms with Gasteiger partial charge in [-0.3, -0.25) is 9.69 Å². The maximum Gasteiger partial charge on any atom is 0.228 e. The third-order valence-electron chi connectivity index (χ3n) is 5.52. The molecule has 4 heterocycles. The molecular weight excluding hydrogens is 306 g/mol. The van der Waals surface area contributed by atoms with E-state index in [1.54, 1.807) is 0 Å².